The standard InChI is InChI=1S/C12H21N3O2S/c1-10(18)12-13-8-11(9-14-12)15(4-6-16-2)5-7-17-3/h8-10,18H,4-7H2,1-3H3. The maximum Gasteiger partial charge on any atom is 0.140 e. The molecule has 102 valence electrons. The van der Waals surface area contributed by atoms with E-state index in [1.54, 1.807) is 14.2 Å². The van der Waals surface area contributed by atoms with E-state index in [0.29, 0.717) is 13.2 Å². The van der Waals surface area contributed by atoms with Gasteiger partial charge in [-0.2, -0.15) is 12.6 Å². The SMILES string of the molecule is COCCN(CCOC)c1cnc(C(C)S)nc1. The average Bonchev–Trinajstić information content (AvgIpc) is 2.39. The fraction of sp³-hybridized carbons (Fsp3) is 0.667. The molecule has 0 aliphatic carbocycles. The predicted molar refractivity (Wildman–Crippen MR) is 75.4 cm³/mol. The van der Waals surface area contributed by atoms with Crippen molar-refractivity contribution in [3.05, 3.63) is 18.2 Å². The lowest BCUT2D eigenvalue weighted by Gasteiger charge is -2.23. The minimum atomic E-state index is 0.0467. The molecule has 1 unspecified atom stereocenters. The third-order valence-electron chi connectivity index (χ3n) is 2.53. The van der Waals surface area contributed by atoms with Crippen LogP contribution in [0.3, 0.4) is 0 Å². The number of thiol groups is 1. The Bertz CT molecular complexity index is 325. The maximum absolute atomic E-state index is 5.10. The smallest absolute Gasteiger partial charge is 0.140 e. The summed E-state index contributed by atoms with van der Waals surface area (Å²) < 4.78 is 10.2. The molecule has 0 bridgehead atoms. The zero-order chi connectivity index (χ0) is 13.4. The van der Waals surface area contributed by atoms with Gasteiger partial charge in [-0.15, -0.1) is 0 Å². The van der Waals surface area contributed by atoms with Crippen molar-refractivity contribution in [3.8, 4) is 0 Å². The van der Waals surface area contributed by atoms with Gasteiger partial charge in [-0.05, 0) is 6.92 Å². The number of hydrogen-bond donors (Lipinski definition) is 1. The van der Waals surface area contributed by atoms with Crippen molar-refractivity contribution in [1.29, 1.82) is 0 Å². The molecule has 1 rings (SSSR count). The molecular weight excluding hydrogens is 250 g/mol. The van der Waals surface area contributed by atoms with Crippen LogP contribution in [-0.4, -0.2) is 50.5 Å². The van der Waals surface area contributed by atoms with Gasteiger partial charge >= 0.3 is 0 Å². The van der Waals surface area contributed by atoms with Crippen LogP contribution in [0.5, 0.6) is 0 Å². The lowest BCUT2D eigenvalue weighted by atomic mass is 10.3. The molecule has 0 amide bonds. The minimum Gasteiger partial charge on any atom is -0.383 e. The molecule has 1 aromatic heterocycles. The van der Waals surface area contributed by atoms with Gasteiger partial charge in [0.15, 0.2) is 0 Å². The summed E-state index contributed by atoms with van der Waals surface area (Å²) in [4.78, 5) is 10.7. The summed E-state index contributed by atoms with van der Waals surface area (Å²) >= 11 is 4.31. The molecule has 18 heavy (non-hydrogen) atoms. The summed E-state index contributed by atoms with van der Waals surface area (Å²) in [5.74, 6) is 0.737. The van der Waals surface area contributed by atoms with Gasteiger partial charge in [0.2, 0.25) is 0 Å². The molecule has 1 heterocycles. The van der Waals surface area contributed by atoms with Gasteiger partial charge < -0.3 is 14.4 Å². The Labute approximate surface area is 114 Å². The average molecular weight is 271 g/mol. The van der Waals surface area contributed by atoms with Crippen LogP contribution < -0.4 is 4.90 Å². The summed E-state index contributed by atoms with van der Waals surface area (Å²) in [6, 6.07) is 0. The Kier molecular flexibility index (Phi) is 7.00. The summed E-state index contributed by atoms with van der Waals surface area (Å²) in [7, 11) is 3.38. The van der Waals surface area contributed by atoms with Crippen molar-refractivity contribution >= 4 is 18.3 Å². The van der Waals surface area contributed by atoms with Crippen LogP contribution in [0, 0.1) is 0 Å². The Morgan fingerprint density at radius 1 is 1.17 bits per heavy atom. The molecule has 0 saturated carbocycles. The molecule has 0 spiro atoms. The summed E-state index contributed by atoms with van der Waals surface area (Å²) in [5.41, 5.74) is 0.974. The highest BCUT2D eigenvalue weighted by molar-refractivity contribution is 7.80. The van der Waals surface area contributed by atoms with E-state index >= 15 is 0 Å². The molecule has 1 atom stereocenters. The van der Waals surface area contributed by atoms with Gasteiger partial charge in [0, 0.05) is 27.3 Å². The molecule has 0 radical (unpaired) electrons. The zero-order valence-electron chi connectivity index (χ0n) is 11.2. The Morgan fingerprint density at radius 3 is 2.06 bits per heavy atom. The fourth-order valence-corrected chi connectivity index (χ4v) is 1.62. The normalized spacial score (nSPS) is 12.4. The molecule has 0 fully saturated rings. The molecule has 0 aromatic carbocycles. The number of aromatic nitrogens is 2. The number of anilines is 1. The molecular formula is C12H21N3O2S. The van der Waals surface area contributed by atoms with Crippen LogP contribution in [0.25, 0.3) is 0 Å². The van der Waals surface area contributed by atoms with Crippen molar-refractivity contribution in [2.24, 2.45) is 0 Å². The number of rotatable bonds is 8. The largest absolute Gasteiger partial charge is 0.383 e. The summed E-state index contributed by atoms with van der Waals surface area (Å²) in [5, 5.41) is 0.0467. The highest BCUT2D eigenvalue weighted by Crippen LogP contribution is 2.16. The van der Waals surface area contributed by atoms with E-state index < -0.39 is 0 Å². The van der Waals surface area contributed by atoms with Gasteiger partial charge in [0.05, 0.1) is 36.5 Å². The molecule has 0 N–H and O–H groups in total. The third-order valence-corrected chi connectivity index (χ3v) is 2.76. The topological polar surface area (TPSA) is 47.5 Å². The van der Waals surface area contributed by atoms with E-state index in [2.05, 4.69) is 27.5 Å². The van der Waals surface area contributed by atoms with Crippen LogP contribution in [0.4, 0.5) is 5.69 Å². The second-order valence-electron chi connectivity index (χ2n) is 3.95. The fourth-order valence-electron chi connectivity index (χ4n) is 1.48. The minimum absolute atomic E-state index is 0.0467. The van der Waals surface area contributed by atoms with Crippen molar-refractivity contribution in [2.45, 2.75) is 12.2 Å². The monoisotopic (exact) mass is 271 g/mol. The predicted octanol–water partition coefficient (Wildman–Crippen LogP) is 1.57. The first kappa shape index (κ1) is 15.2. The van der Waals surface area contributed by atoms with E-state index in [0.717, 1.165) is 24.6 Å². The highest BCUT2D eigenvalue weighted by atomic mass is 32.1. The Hall–Kier alpha value is -0.850. The molecule has 0 aliphatic rings. The van der Waals surface area contributed by atoms with Crippen molar-refractivity contribution in [1.82, 2.24) is 9.97 Å². The summed E-state index contributed by atoms with van der Waals surface area (Å²) in [6.45, 7) is 4.85. The van der Waals surface area contributed by atoms with Crippen LogP contribution in [0.1, 0.15) is 18.0 Å². The van der Waals surface area contributed by atoms with Crippen molar-refractivity contribution in [2.75, 3.05) is 45.4 Å². The van der Waals surface area contributed by atoms with Crippen LogP contribution >= 0.6 is 12.6 Å². The van der Waals surface area contributed by atoms with E-state index in [-0.39, 0.29) is 5.25 Å². The lowest BCUT2D eigenvalue weighted by Crippen LogP contribution is -2.30. The number of hydrogen-bond acceptors (Lipinski definition) is 6. The number of nitrogens with zero attached hydrogens (tertiary/aromatic N) is 3. The second-order valence-corrected chi connectivity index (χ2v) is 4.72. The highest BCUT2D eigenvalue weighted by Gasteiger charge is 2.09. The summed E-state index contributed by atoms with van der Waals surface area (Å²) in [6.07, 6.45) is 3.64. The molecule has 5 nitrogen and oxygen atoms in total. The van der Waals surface area contributed by atoms with Gasteiger partial charge in [0.1, 0.15) is 5.82 Å². The van der Waals surface area contributed by atoms with Crippen molar-refractivity contribution in [3.63, 3.8) is 0 Å². The quantitative estimate of drug-likeness (QED) is 0.727. The number of methoxy groups -OCH3 is 2. The molecule has 6 heteroatoms. The Morgan fingerprint density at radius 2 is 1.67 bits per heavy atom. The van der Waals surface area contributed by atoms with Crippen LogP contribution in [0.15, 0.2) is 12.4 Å². The molecule has 0 saturated heterocycles. The van der Waals surface area contributed by atoms with E-state index in [1.165, 1.54) is 0 Å². The number of ether oxygens (including phenoxy) is 2. The zero-order valence-corrected chi connectivity index (χ0v) is 12.1. The second kappa shape index (κ2) is 8.29. The Balaban J connectivity index is 2.70. The maximum atomic E-state index is 5.10. The van der Waals surface area contributed by atoms with Crippen molar-refractivity contribution < 1.29 is 9.47 Å². The lowest BCUT2D eigenvalue weighted by molar-refractivity contribution is 0.190. The van der Waals surface area contributed by atoms with Crippen LogP contribution in [0.2, 0.25) is 0 Å². The first-order valence-corrected chi connectivity index (χ1v) is 6.43. The first-order valence-electron chi connectivity index (χ1n) is 5.92. The first-order chi connectivity index (χ1) is 8.69. The third kappa shape index (κ3) is 4.80. The molecule has 0 aliphatic heterocycles. The van der Waals surface area contributed by atoms with Crippen LogP contribution in [-0.2, 0) is 9.47 Å². The van der Waals surface area contributed by atoms with Gasteiger partial charge in [-0.25, -0.2) is 9.97 Å². The van der Waals surface area contributed by atoms with E-state index in [4.69, 9.17) is 9.47 Å². The van der Waals surface area contributed by atoms with Gasteiger partial charge in [-0.3, -0.25) is 0 Å². The van der Waals surface area contributed by atoms with E-state index in [9.17, 15) is 0 Å². The van der Waals surface area contributed by atoms with Gasteiger partial charge in [-0.1, -0.05) is 0 Å². The van der Waals surface area contributed by atoms with Gasteiger partial charge in [0.25, 0.3) is 0 Å². The molecule has 1 aromatic rings. The van der Waals surface area contributed by atoms with E-state index in [1.807, 2.05) is 19.3 Å².